The maximum absolute atomic E-state index is 9.25. The highest BCUT2D eigenvalue weighted by molar-refractivity contribution is 5.57. The number of hydrogen-bond donors (Lipinski definition) is 3. The minimum absolute atomic E-state index is 0.142. The summed E-state index contributed by atoms with van der Waals surface area (Å²) in [5.74, 6) is 2.44. The van der Waals surface area contributed by atoms with Gasteiger partial charge in [0.15, 0.2) is 0 Å². The number of aliphatic hydroxyl groups is 1. The minimum Gasteiger partial charge on any atom is -0.396 e. The molecule has 0 atom stereocenters. The van der Waals surface area contributed by atoms with Crippen LogP contribution in [0.25, 0.3) is 0 Å². The first kappa shape index (κ1) is 14.7. The van der Waals surface area contributed by atoms with E-state index in [0.29, 0.717) is 6.54 Å². The molecule has 0 aliphatic heterocycles. The van der Waals surface area contributed by atoms with Crippen LogP contribution in [-0.4, -0.2) is 34.8 Å². The Kier molecular flexibility index (Phi) is 4.90. The van der Waals surface area contributed by atoms with Crippen molar-refractivity contribution >= 4 is 11.6 Å². The molecule has 0 radical (unpaired) electrons. The van der Waals surface area contributed by atoms with Crippen molar-refractivity contribution in [2.45, 2.75) is 34.6 Å². The van der Waals surface area contributed by atoms with Gasteiger partial charge in [0.25, 0.3) is 0 Å². The second-order valence-electron chi connectivity index (χ2n) is 5.30. The van der Waals surface area contributed by atoms with Crippen molar-refractivity contribution in [2.75, 3.05) is 30.3 Å². The molecular weight excluding hydrogens is 228 g/mol. The van der Waals surface area contributed by atoms with Crippen molar-refractivity contribution in [1.29, 1.82) is 0 Å². The molecule has 0 unspecified atom stereocenters. The van der Waals surface area contributed by atoms with E-state index in [1.54, 1.807) is 0 Å². The molecule has 0 spiro atoms. The molecule has 1 rings (SSSR count). The number of nitrogens with zero attached hydrogens (tertiary/aromatic N) is 2. The van der Waals surface area contributed by atoms with Gasteiger partial charge in [-0.2, -0.15) is 0 Å². The minimum atomic E-state index is -0.163. The maximum atomic E-state index is 9.25. The van der Waals surface area contributed by atoms with Crippen molar-refractivity contribution in [2.24, 2.45) is 5.41 Å². The van der Waals surface area contributed by atoms with Crippen molar-refractivity contribution < 1.29 is 5.11 Å². The van der Waals surface area contributed by atoms with Gasteiger partial charge in [0.2, 0.25) is 0 Å². The van der Waals surface area contributed by atoms with Gasteiger partial charge in [0, 0.05) is 30.7 Å². The molecule has 18 heavy (non-hydrogen) atoms. The fraction of sp³-hybridized carbons (Fsp3) is 0.692. The predicted molar refractivity (Wildman–Crippen MR) is 75.0 cm³/mol. The number of nitrogens with one attached hydrogen (secondary N) is 2. The van der Waals surface area contributed by atoms with E-state index >= 15 is 0 Å². The summed E-state index contributed by atoms with van der Waals surface area (Å²) in [4.78, 5) is 8.79. The second kappa shape index (κ2) is 6.00. The number of hydrogen-bond acceptors (Lipinski definition) is 5. The summed E-state index contributed by atoms with van der Waals surface area (Å²) in [5, 5.41) is 15.8. The van der Waals surface area contributed by atoms with Gasteiger partial charge < -0.3 is 15.7 Å². The molecule has 0 fully saturated rings. The zero-order valence-electron chi connectivity index (χ0n) is 12.0. The van der Waals surface area contributed by atoms with Gasteiger partial charge in [0.05, 0.1) is 0 Å². The van der Waals surface area contributed by atoms with Crippen LogP contribution >= 0.6 is 0 Å². The molecule has 0 aromatic carbocycles. The summed E-state index contributed by atoms with van der Waals surface area (Å²) in [6.45, 7) is 11.6. The summed E-state index contributed by atoms with van der Waals surface area (Å²) in [6, 6.07) is 0. The molecule has 0 aliphatic rings. The summed E-state index contributed by atoms with van der Waals surface area (Å²) >= 11 is 0. The highest BCUT2D eigenvalue weighted by Crippen LogP contribution is 2.21. The lowest BCUT2D eigenvalue weighted by Gasteiger charge is -2.23. The first-order chi connectivity index (χ1) is 8.39. The zero-order valence-corrected chi connectivity index (χ0v) is 12.0. The van der Waals surface area contributed by atoms with Crippen LogP contribution in [0, 0.1) is 19.3 Å². The lowest BCUT2D eigenvalue weighted by molar-refractivity contribution is 0.170. The Morgan fingerprint density at radius 3 is 2.17 bits per heavy atom. The van der Waals surface area contributed by atoms with Crippen LogP contribution in [0.4, 0.5) is 11.6 Å². The Morgan fingerprint density at radius 2 is 1.67 bits per heavy atom. The van der Waals surface area contributed by atoms with E-state index in [9.17, 15) is 5.11 Å². The zero-order chi connectivity index (χ0) is 13.8. The summed E-state index contributed by atoms with van der Waals surface area (Å²) in [6.07, 6.45) is 0. The Labute approximate surface area is 109 Å². The van der Waals surface area contributed by atoms with Crippen LogP contribution in [0.1, 0.15) is 32.2 Å². The number of aryl methyl sites for hydroxylation is 1. The van der Waals surface area contributed by atoms with Crippen LogP contribution in [0.2, 0.25) is 0 Å². The summed E-state index contributed by atoms with van der Waals surface area (Å²) in [5.41, 5.74) is 0.847. The number of aromatic nitrogens is 2. The topological polar surface area (TPSA) is 70.1 Å². The van der Waals surface area contributed by atoms with E-state index in [-0.39, 0.29) is 12.0 Å². The van der Waals surface area contributed by atoms with Crippen LogP contribution in [-0.2, 0) is 0 Å². The van der Waals surface area contributed by atoms with E-state index in [0.717, 1.165) is 29.6 Å². The van der Waals surface area contributed by atoms with Crippen molar-refractivity contribution in [1.82, 2.24) is 9.97 Å². The first-order valence-corrected chi connectivity index (χ1v) is 6.33. The fourth-order valence-electron chi connectivity index (χ4n) is 1.52. The van der Waals surface area contributed by atoms with Gasteiger partial charge in [-0.25, -0.2) is 9.97 Å². The Morgan fingerprint density at radius 1 is 1.11 bits per heavy atom. The number of anilines is 2. The molecule has 3 N–H and O–H groups in total. The highest BCUT2D eigenvalue weighted by Gasteiger charge is 2.17. The first-order valence-electron chi connectivity index (χ1n) is 6.33. The normalized spacial score (nSPS) is 11.4. The lowest BCUT2D eigenvalue weighted by Crippen LogP contribution is -2.27. The van der Waals surface area contributed by atoms with E-state index in [1.807, 2.05) is 34.6 Å². The molecule has 0 saturated carbocycles. The quantitative estimate of drug-likeness (QED) is 0.722. The third-order valence-corrected chi connectivity index (χ3v) is 2.76. The molecule has 0 bridgehead atoms. The third kappa shape index (κ3) is 3.84. The fourth-order valence-corrected chi connectivity index (χ4v) is 1.52. The van der Waals surface area contributed by atoms with Gasteiger partial charge in [-0.15, -0.1) is 0 Å². The Bertz CT molecular complexity index is 404. The van der Waals surface area contributed by atoms with Crippen molar-refractivity contribution in [3.63, 3.8) is 0 Å². The molecular formula is C13H24N4O. The van der Waals surface area contributed by atoms with Crippen LogP contribution in [0.3, 0.4) is 0 Å². The maximum Gasteiger partial charge on any atom is 0.134 e. The van der Waals surface area contributed by atoms with Gasteiger partial charge >= 0.3 is 0 Å². The van der Waals surface area contributed by atoms with Crippen LogP contribution in [0.15, 0.2) is 0 Å². The SMILES string of the molecule is CCNc1nc(C)nc(NCC(C)(C)CO)c1C. The van der Waals surface area contributed by atoms with Gasteiger partial charge in [-0.3, -0.25) is 0 Å². The summed E-state index contributed by atoms with van der Waals surface area (Å²) < 4.78 is 0. The number of rotatable bonds is 6. The van der Waals surface area contributed by atoms with E-state index in [1.165, 1.54) is 0 Å². The molecule has 1 aromatic heterocycles. The van der Waals surface area contributed by atoms with Gasteiger partial charge in [0.1, 0.15) is 17.5 Å². The third-order valence-electron chi connectivity index (χ3n) is 2.76. The molecule has 0 saturated heterocycles. The predicted octanol–water partition coefficient (Wildman–Crippen LogP) is 1.96. The van der Waals surface area contributed by atoms with Gasteiger partial charge in [-0.1, -0.05) is 13.8 Å². The van der Waals surface area contributed by atoms with Crippen LogP contribution in [0.5, 0.6) is 0 Å². The van der Waals surface area contributed by atoms with Crippen LogP contribution < -0.4 is 10.6 Å². The van der Waals surface area contributed by atoms with Gasteiger partial charge in [-0.05, 0) is 20.8 Å². The average molecular weight is 252 g/mol. The molecule has 5 nitrogen and oxygen atoms in total. The van der Waals surface area contributed by atoms with E-state index in [2.05, 4.69) is 20.6 Å². The monoisotopic (exact) mass is 252 g/mol. The molecule has 0 amide bonds. The summed E-state index contributed by atoms with van der Waals surface area (Å²) in [7, 11) is 0. The highest BCUT2D eigenvalue weighted by atomic mass is 16.3. The largest absolute Gasteiger partial charge is 0.396 e. The number of aliphatic hydroxyl groups excluding tert-OH is 1. The van der Waals surface area contributed by atoms with E-state index < -0.39 is 0 Å². The molecule has 5 heteroatoms. The average Bonchev–Trinajstić information content (AvgIpc) is 2.32. The molecule has 1 aromatic rings. The van der Waals surface area contributed by atoms with Crippen molar-refractivity contribution in [3.8, 4) is 0 Å². The lowest BCUT2D eigenvalue weighted by atomic mass is 9.95. The second-order valence-corrected chi connectivity index (χ2v) is 5.30. The van der Waals surface area contributed by atoms with E-state index in [4.69, 9.17) is 0 Å². The standard InChI is InChI=1S/C13H24N4O/c1-6-14-11-9(2)12(17-10(3)16-11)15-7-13(4,5)8-18/h18H,6-8H2,1-5H3,(H2,14,15,16,17). The van der Waals surface area contributed by atoms with Crippen molar-refractivity contribution in [3.05, 3.63) is 11.4 Å². The Balaban J connectivity index is 2.88. The smallest absolute Gasteiger partial charge is 0.134 e. The molecule has 102 valence electrons. The molecule has 0 aliphatic carbocycles. The molecule has 1 heterocycles. The Hall–Kier alpha value is -1.36.